The second kappa shape index (κ2) is 14.0. The Morgan fingerprint density at radius 1 is 0.921 bits per heavy atom. The predicted octanol–water partition coefficient (Wildman–Crippen LogP) is 6.37. The molecule has 1 unspecified atom stereocenters. The quantitative estimate of drug-likeness (QED) is 0.312. The van der Waals surface area contributed by atoms with E-state index < -0.39 is 6.04 Å². The van der Waals surface area contributed by atoms with E-state index in [1.165, 1.54) is 12.0 Å². The highest BCUT2D eigenvalue weighted by Crippen LogP contribution is 2.23. The number of rotatable bonds is 11. The van der Waals surface area contributed by atoms with Crippen molar-refractivity contribution in [2.45, 2.75) is 70.5 Å². The summed E-state index contributed by atoms with van der Waals surface area (Å²) in [5, 5.41) is 3.82. The molecule has 1 saturated carbocycles. The van der Waals surface area contributed by atoms with Crippen LogP contribution in [0.1, 0.15) is 55.7 Å². The highest BCUT2D eigenvalue weighted by molar-refractivity contribution is 6.31. The Labute approximate surface area is 231 Å². The lowest BCUT2D eigenvalue weighted by Crippen LogP contribution is -2.53. The predicted molar refractivity (Wildman–Crippen MR) is 152 cm³/mol. The van der Waals surface area contributed by atoms with Crippen LogP contribution in [-0.4, -0.2) is 35.4 Å². The van der Waals surface area contributed by atoms with E-state index in [1.807, 2.05) is 72.8 Å². The summed E-state index contributed by atoms with van der Waals surface area (Å²) in [5.41, 5.74) is 2.98. The second-order valence-electron chi connectivity index (χ2n) is 9.95. The Kier molecular flexibility index (Phi) is 10.2. The molecule has 0 spiro atoms. The van der Waals surface area contributed by atoms with Crippen molar-refractivity contribution in [2.75, 3.05) is 6.61 Å². The number of benzene rings is 3. The highest BCUT2D eigenvalue weighted by atomic mass is 35.5. The van der Waals surface area contributed by atoms with Gasteiger partial charge in [0.25, 0.3) is 5.91 Å². The molecule has 4 rings (SSSR count). The number of amides is 2. The molecule has 0 radical (unpaired) electrons. The first-order valence-corrected chi connectivity index (χ1v) is 14.0. The molecule has 200 valence electrons. The van der Waals surface area contributed by atoms with Crippen LogP contribution in [0.25, 0.3) is 0 Å². The summed E-state index contributed by atoms with van der Waals surface area (Å²) < 4.78 is 5.89. The summed E-state index contributed by atoms with van der Waals surface area (Å²) in [7, 11) is 0. The molecular weight excluding hydrogens is 496 g/mol. The van der Waals surface area contributed by atoms with Gasteiger partial charge < -0.3 is 15.0 Å². The Hall–Kier alpha value is -3.31. The smallest absolute Gasteiger partial charge is 0.261 e. The summed E-state index contributed by atoms with van der Waals surface area (Å²) in [6.45, 7) is 2.14. The van der Waals surface area contributed by atoms with Gasteiger partial charge in [0.1, 0.15) is 11.8 Å². The minimum Gasteiger partial charge on any atom is -0.484 e. The first-order chi connectivity index (χ1) is 18.5. The second-order valence-corrected chi connectivity index (χ2v) is 10.4. The zero-order valence-electron chi connectivity index (χ0n) is 22.1. The Morgan fingerprint density at radius 3 is 2.29 bits per heavy atom. The van der Waals surface area contributed by atoms with Crippen molar-refractivity contribution in [2.24, 2.45) is 0 Å². The molecule has 0 aromatic heterocycles. The first kappa shape index (κ1) is 27.7. The minimum absolute atomic E-state index is 0.131. The van der Waals surface area contributed by atoms with Crippen LogP contribution in [0.2, 0.25) is 5.02 Å². The minimum atomic E-state index is -0.700. The molecule has 1 aliphatic rings. The van der Waals surface area contributed by atoms with Gasteiger partial charge in [-0.3, -0.25) is 9.59 Å². The largest absolute Gasteiger partial charge is 0.484 e. The lowest BCUT2D eigenvalue weighted by atomic mass is 9.94. The van der Waals surface area contributed by atoms with E-state index in [0.717, 1.165) is 43.2 Å². The van der Waals surface area contributed by atoms with Crippen molar-refractivity contribution >= 4 is 23.4 Å². The normalized spacial score (nSPS) is 14.5. The molecule has 0 saturated heterocycles. The number of carbonyl (C=O) groups is 2. The number of nitrogens with one attached hydrogen (secondary N) is 1. The third-order valence-corrected chi connectivity index (χ3v) is 7.58. The molecule has 1 fully saturated rings. The Morgan fingerprint density at radius 2 is 1.61 bits per heavy atom. The lowest BCUT2D eigenvalue weighted by Gasteiger charge is -2.33. The standard InChI is InChI=1S/C32H37ClN2O3/c1-2-24-17-19-28(20-18-24)38-23-31(36)35(22-26-13-9-10-16-29(26)33)30(21-25-11-5-3-6-12-25)32(37)34-27-14-7-4-8-15-27/h3,5-6,9-13,16-20,27,30H,2,4,7-8,14-15,21-23H2,1H3,(H,34,37). The molecule has 2 amide bonds. The van der Waals surface area contributed by atoms with Crippen LogP contribution in [-0.2, 0) is 29.0 Å². The highest BCUT2D eigenvalue weighted by Gasteiger charge is 2.32. The van der Waals surface area contributed by atoms with Crippen molar-refractivity contribution < 1.29 is 14.3 Å². The first-order valence-electron chi connectivity index (χ1n) is 13.6. The Bertz CT molecular complexity index is 1180. The number of ether oxygens (including phenoxy) is 1. The van der Waals surface area contributed by atoms with Crippen LogP contribution < -0.4 is 10.1 Å². The van der Waals surface area contributed by atoms with Crippen molar-refractivity contribution in [3.63, 3.8) is 0 Å². The van der Waals surface area contributed by atoms with Crippen molar-refractivity contribution in [1.29, 1.82) is 0 Å². The number of nitrogens with zero attached hydrogens (tertiary/aromatic N) is 1. The van der Waals surface area contributed by atoms with Gasteiger partial charge in [-0.25, -0.2) is 0 Å². The van der Waals surface area contributed by atoms with E-state index in [4.69, 9.17) is 16.3 Å². The maximum atomic E-state index is 13.8. The average molecular weight is 533 g/mol. The number of aryl methyl sites for hydroxylation is 1. The lowest BCUT2D eigenvalue weighted by molar-refractivity contribution is -0.143. The van der Waals surface area contributed by atoms with Crippen molar-refractivity contribution in [1.82, 2.24) is 10.2 Å². The molecule has 1 N–H and O–H groups in total. The summed E-state index contributed by atoms with van der Waals surface area (Å²) in [4.78, 5) is 29.2. The van der Waals surface area contributed by atoms with Gasteiger partial charge in [-0.05, 0) is 54.2 Å². The topological polar surface area (TPSA) is 58.6 Å². The molecule has 1 aliphatic carbocycles. The monoisotopic (exact) mass is 532 g/mol. The molecule has 6 heteroatoms. The van der Waals surface area contributed by atoms with Crippen LogP contribution >= 0.6 is 11.6 Å². The van der Waals surface area contributed by atoms with E-state index in [0.29, 0.717) is 17.2 Å². The van der Waals surface area contributed by atoms with Crippen LogP contribution in [0, 0.1) is 0 Å². The van der Waals surface area contributed by atoms with Gasteiger partial charge in [-0.1, -0.05) is 98.5 Å². The fourth-order valence-electron chi connectivity index (χ4n) is 4.96. The number of hydrogen-bond donors (Lipinski definition) is 1. The summed E-state index contributed by atoms with van der Waals surface area (Å²) in [6, 6.07) is 24.5. The maximum absolute atomic E-state index is 13.8. The summed E-state index contributed by atoms with van der Waals surface area (Å²) in [6.07, 6.45) is 6.71. The van der Waals surface area contributed by atoms with Gasteiger partial charge in [-0.15, -0.1) is 0 Å². The average Bonchev–Trinajstić information content (AvgIpc) is 2.96. The van der Waals surface area contributed by atoms with Crippen LogP contribution in [0.3, 0.4) is 0 Å². The van der Waals surface area contributed by atoms with E-state index in [-0.39, 0.29) is 31.0 Å². The van der Waals surface area contributed by atoms with E-state index in [2.05, 4.69) is 12.2 Å². The summed E-state index contributed by atoms with van der Waals surface area (Å²) >= 11 is 6.50. The number of hydrogen-bond acceptors (Lipinski definition) is 3. The molecule has 5 nitrogen and oxygen atoms in total. The third-order valence-electron chi connectivity index (χ3n) is 7.22. The van der Waals surface area contributed by atoms with Crippen LogP contribution in [0.15, 0.2) is 78.9 Å². The van der Waals surface area contributed by atoms with Gasteiger partial charge in [0.2, 0.25) is 5.91 Å². The van der Waals surface area contributed by atoms with E-state index >= 15 is 0 Å². The van der Waals surface area contributed by atoms with Gasteiger partial charge in [-0.2, -0.15) is 0 Å². The number of carbonyl (C=O) groups excluding carboxylic acids is 2. The third kappa shape index (κ3) is 7.84. The van der Waals surface area contributed by atoms with Gasteiger partial charge in [0.15, 0.2) is 6.61 Å². The molecule has 0 bridgehead atoms. The zero-order valence-corrected chi connectivity index (χ0v) is 22.8. The zero-order chi connectivity index (χ0) is 26.7. The maximum Gasteiger partial charge on any atom is 0.261 e. The van der Waals surface area contributed by atoms with E-state index in [9.17, 15) is 9.59 Å². The molecule has 3 aromatic rings. The van der Waals surface area contributed by atoms with Crippen LogP contribution in [0.4, 0.5) is 0 Å². The van der Waals surface area contributed by atoms with Gasteiger partial charge in [0.05, 0.1) is 0 Å². The molecular formula is C32H37ClN2O3. The molecule has 1 atom stereocenters. The van der Waals surface area contributed by atoms with Gasteiger partial charge >= 0.3 is 0 Å². The van der Waals surface area contributed by atoms with Crippen molar-refractivity contribution in [3.8, 4) is 5.75 Å². The fraction of sp³-hybridized carbons (Fsp3) is 0.375. The van der Waals surface area contributed by atoms with Gasteiger partial charge in [0, 0.05) is 24.0 Å². The van der Waals surface area contributed by atoms with Crippen LogP contribution in [0.5, 0.6) is 5.75 Å². The fourth-order valence-corrected chi connectivity index (χ4v) is 5.15. The van der Waals surface area contributed by atoms with E-state index in [1.54, 1.807) is 11.0 Å². The molecule has 38 heavy (non-hydrogen) atoms. The summed E-state index contributed by atoms with van der Waals surface area (Å²) in [5.74, 6) is 0.233. The Balaban J connectivity index is 1.60. The SMILES string of the molecule is CCc1ccc(OCC(=O)N(Cc2ccccc2Cl)C(Cc2ccccc2)C(=O)NC2CCCCC2)cc1. The molecule has 0 aliphatic heterocycles. The molecule has 0 heterocycles. The van der Waals surface area contributed by atoms with Crippen molar-refractivity contribution in [3.05, 3.63) is 101 Å². The number of halogens is 1. The molecule has 3 aromatic carbocycles.